The zero-order chi connectivity index (χ0) is 13.2. The number of aliphatic hydroxyl groups excluding tert-OH is 1. The average Bonchev–Trinajstić information content (AvgIpc) is 3.07. The number of amides is 1. The summed E-state index contributed by atoms with van der Waals surface area (Å²) in [4.78, 5) is 22.1. The predicted molar refractivity (Wildman–Crippen MR) is 67.5 cm³/mol. The minimum atomic E-state index is -0.562. The number of aliphatic hydroxyl groups is 1. The average molecular weight is 261 g/mol. The predicted octanol–water partition coefficient (Wildman–Crippen LogP) is 0.143. The molecule has 0 aliphatic carbocycles. The maximum Gasteiger partial charge on any atom is 0.251 e. The standard InChI is InChI=1S/C13H15N3O3/c17-10-3-6-16(7-10)13(18)11-12(19-8-15-11)9-1-4-14-5-2-9/h1-2,4-5,8,10-12,17H,3,6-7H2/t10-,11-,12+/m1/s1. The summed E-state index contributed by atoms with van der Waals surface area (Å²) >= 11 is 0. The summed E-state index contributed by atoms with van der Waals surface area (Å²) in [7, 11) is 0. The van der Waals surface area contributed by atoms with Crippen LogP contribution in [0.5, 0.6) is 0 Å². The number of aromatic nitrogens is 1. The Morgan fingerprint density at radius 3 is 2.89 bits per heavy atom. The number of pyridine rings is 1. The number of aliphatic imine (C=N–C) groups is 1. The zero-order valence-electron chi connectivity index (χ0n) is 10.3. The van der Waals surface area contributed by atoms with Gasteiger partial charge in [-0.15, -0.1) is 0 Å². The van der Waals surface area contributed by atoms with Crippen LogP contribution in [0.3, 0.4) is 0 Å². The van der Waals surface area contributed by atoms with Gasteiger partial charge in [-0.3, -0.25) is 9.78 Å². The zero-order valence-corrected chi connectivity index (χ0v) is 10.3. The second kappa shape index (κ2) is 4.97. The third-order valence-corrected chi connectivity index (χ3v) is 3.48. The molecule has 2 aliphatic heterocycles. The summed E-state index contributed by atoms with van der Waals surface area (Å²) in [6.45, 7) is 0.961. The van der Waals surface area contributed by atoms with Gasteiger partial charge in [0.1, 0.15) is 0 Å². The van der Waals surface area contributed by atoms with Crippen LogP contribution in [0, 0.1) is 0 Å². The number of likely N-dealkylation sites (tertiary alicyclic amines) is 1. The second-order valence-electron chi connectivity index (χ2n) is 4.76. The normalized spacial score (nSPS) is 29.5. The van der Waals surface area contributed by atoms with Gasteiger partial charge in [0.05, 0.1) is 6.10 Å². The van der Waals surface area contributed by atoms with Gasteiger partial charge in [0, 0.05) is 25.5 Å². The van der Waals surface area contributed by atoms with Crippen LogP contribution < -0.4 is 0 Å². The molecule has 1 aromatic heterocycles. The van der Waals surface area contributed by atoms with Gasteiger partial charge in [0.15, 0.2) is 18.5 Å². The fourth-order valence-electron chi connectivity index (χ4n) is 2.46. The smallest absolute Gasteiger partial charge is 0.251 e. The van der Waals surface area contributed by atoms with Gasteiger partial charge in [-0.05, 0) is 24.1 Å². The third-order valence-electron chi connectivity index (χ3n) is 3.48. The number of rotatable bonds is 2. The van der Waals surface area contributed by atoms with Gasteiger partial charge in [-0.1, -0.05) is 0 Å². The summed E-state index contributed by atoms with van der Waals surface area (Å²) < 4.78 is 5.43. The largest absolute Gasteiger partial charge is 0.473 e. The lowest BCUT2D eigenvalue weighted by Crippen LogP contribution is -2.39. The van der Waals surface area contributed by atoms with Crippen molar-refractivity contribution in [3.8, 4) is 0 Å². The minimum Gasteiger partial charge on any atom is -0.473 e. The van der Waals surface area contributed by atoms with Gasteiger partial charge >= 0.3 is 0 Å². The maximum absolute atomic E-state index is 12.4. The van der Waals surface area contributed by atoms with E-state index >= 15 is 0 Å². The summed E-state index contributed by atoms with van der Waals surface area (Å²) in [6, 6.07) is 3.07. The van der Waals surface area contributed by atoms with Crippen molar-refractivity contribution in [3.05, 3.63) is 30.1 Å². The summed E-state index contributed by atoms with van der Waals surface area (Å²) in [5.41, 5.74) is 0.880. The summed E-state index contributed by atoms with van der Waals surface area (Å²) in [5, 5.41) is 9.50. The van der Waals surface area contributed by atoms with Crippen molar-refractivity contribution in [1.29, 1.82) is 0 Å². The van der Waals surface area contributed by atoms with Gasteiger partial charge < -0.3 is 14.7 Å². The van der Waals surface area contributed by atoms with Crippen molar-refractivity contribution in [2.75, 3.05) is 13.1 Å². The SMILES string of the molecule is O=C([C@@H]1N=CO[C@H]1c1ccncc1)N1CC[C@@H](O)C1. The molecule has 1 aromatic rings. The van der Waals surface area contributed by atoms with Crippen molar-refractivity contribution in [2.24, 2.45) is 4.99 Å². The molecule has 1 fully saturated rings. The van der Waals surface area contributed by atoms with E-state index in [-0.39, 0.29) is 5.91 Å². The molecule has 2 aliphatic rings. The molecule has 3 atom stereocenters. The number of ether oxygens (including phenoxy) is 1. The summed E-state index contributed by atoms with van der Waals surface area (Å²) in [6.07, 6.45) is 4.47. The van der Waals surface area contributed by atoms with E-state index in [1.165, 1.54) is 6.40 Å². The molecule has 3 rings (SSSR count). The lowest BCUT2D eigenvalue weighted by molar-refractivity contribution is -0.133. The molecular formula is C13H15N3O3. The molecule has 1 N–H and O–H groups in total. The molecule has 0 bridgehead atoms. The van der Waals surface area contributed by atoms with Gasteiger partial charge in [-0.25, -0.2) is 4.99 Å². The van der Waals surface area contributed by atoms with Crippen LogP contribution in [0.25, 0.3) is 0 Å². The monoisotopic (exact) mass is 261 g/mol. The molecule has 0 spiro atoms. The number of hydrogen-bond acceptors (Lipinski definition) is 5. The lowest BCUT2D eigenvalue weighted by atomic mass is 10.0. The fourth-order valence-corrected chi connectivity index (χ4v) is 2.46. The van der Waals surface area contributed by atoms with E-state index in [2.05, 4.69) is 9.98 Å². The van der Waals surface area contributed by atoms with Crippen LogP contribution in [-0.4, -0.2) is 52.5 Å². The Balaban J connectivity index is 1.76. The van der Waals surface area contributed by atoms with E-state index < -0.39 is 18.2 Å². The molecular weight excluding hydrogens is 246 g/mol. The molecule has 19 heavy (non-hydrogen) atoms. The first-order valence-electron chi connectivity index (χ1n) is 6.29. The highest BCUT2D eigenvalue weighted by atomic mass is 16.5. The number of hydrogen-bond donors (Lipinski definition) is 1. The molecule has 1 saturated heterocycles. The Labute approximate surface area is 110 Å². The lowest BCUT2D eigenvalue weighted by Gasteiger charge is -2.22. The molecule has 0 radical (unpaired) electrons. The van der Waals surface area contributed by atoms with Crippen molar-refractivity contribution in [3.63, 3.8) is 0 Å². The van der Waals surface area contributed by atoms with Gasteiger partial charge in [-0.2, -0.15) is 0 Å². The van der Waals surface area contributed by atoms with E-state index in [9.17, 15) is 9.90 Å². The van der Waals surface area contributed by atoms with Gasteiger partial charge in [0.2, 0.25) is 0 Å². The quantitative estimate of drug-likeness (QED) is 0.822. The Kier molecular flexibility index (Phi) is 3.16. The van der Waals surface area contributed by atoms with Crippen molar-refractivity contribution >= 4 is 12.3 Å². The van der Waals surface area contributed by atoms with E-state index in [1.54, 1.807) is 17.3 Å². The second-order valence-corrected chi connectivity index (χ2v) is 4.76. The van der Waals surface area contributed by atoms with Crippen LogP contribution in [0.15, 0.2) is 29.5 Å². The summed E-state index contributed by atoms with van der Waals surface area (Å²) in [5.74, 6) is -0.0906. The van der Waals surface area contributed by atoms with Crippen LogP contribution in [0.2, 0.25) is 0 Å². The molecule has 1 amide bonds. The third kappa shape index (κ3) is 2.31. The Morgan fingerprint density at radius 1 is 1.42 bits per heavy atom. The Bertz CT molecular complexity index is 491. The van der Waals surface area contributed by atoms with Crippen LogP contribution in [0.1, 0.15) is 18.1 Å². The number of carbonyl (C=O) groups is 1. The van der Waals surface area contributed by atoms with E-state index in [1.807, 2.05) is 12.1 Å². The highest BCUT2D eigenvalue weighted by Crippen LogP contribution is 2.28. The Morgan fingerprint density at radius 2 is 2.21 bits per heavy atom. The first-order chi connectivity index (χ1) is 9.25. The number of nitrogens with zero attached hydrogens (tertiary/aromatic N) is 3. The minimum absolute atomic E-state index is 0.0906. The molecule has 100 valence electrons. The first-order valence-corrected chi connectivity index (χ1v) is 6.29. The maximum atomic E-state index is 12.4. The van der Waals surface area contributed by atoms with E-state index in [4.69, 9.17) is 4.74 Å². The highest BCUT2D eigenvalue weighted by molar-refractivity contribution is 5.85. The first kappa shape index (κ1) is 12.1. The number of carbonyl (C=O) groups excluding carboxylic acids is 1. The topological polar surface area (TPSA) is 75.0 Å². The van der Waals surface area contributed by atoms with Crippen LogP contribution in [0.4, 0.5) is 0 Å². The van der Waals surface area contributed by atoms with E-state index in [0.717, 1.165) is 5.56 Å². The number of β-amino-alcohol motifs (C(OH)–C–C–N with tert-alkyl or cyclic N) is 1. The molecule has 3 heterocycles. The fraction of sp³-hybridized carbons (Fsp3) is 0.462. The van der Waals surface area contributed by atoms with Crippen LogP contribution >= 0.6 is 0 Å². The van der Waals surface area contributed by atoms with Crippen molar-refractivity contribution in [1.82, 2.24) is 9.88 Å². The molecule has 0 saturated carbocycles. The van der Waals surface area contributed by atoms with Crippen LogP contribution in [-0.2, 0) is 9.53 Å². The van der Waals surface area contributed by atoms with Crippen molar-refractivity contribution < 1.29 is 14.6 Å². The highest BCUT2D eigenvalue weighted by Gasteiger charge is 2.38. The molecule has 0 unspecified atom stereocenters. The van der Waals surface area contributed by atoms with Gasteiger partial charge in [0.25, 0.3) is 5.91 Å². The van der Waals surface area contributed by atoms with E-state index in [0.29, 0.717) is 19.5 Å². The molecule has 0 aromatic carbocycles. The molecule has 6 nitrogen and oxygen atoms in total. The molecule has 6 heteroatoms. The Hall–Kier alpha value is -1.95. The van der Waals surface area contributed by atoms with Crippen molar-refractivity contribution in [2.45, 2.75) is 24.7 Å².